The third-order valence-electron chi connectivity index (χ3n) is 4.36. The summed E-state index contributed by atoms with van der Waals surface area (Å²) in [6, 6.07) is 9.65. The molecule has 0 saturated heterocycles. The molecule has 1 heterocycles. The lowest BCUT2D eigenvalue weighted by Crippen LogP contribution is -2.25. The molecule has 6 nitrogen and oxygen atoms in total. The number of hydrogen-bond acceptors (Lipinski definition) is 4. The fourth-order valence-corrected chi connectivity index (χ4v) is 4.32. The Morgan fingerprint density at radius 3 is 2.58 bits per heavy atom. The van der Waals surface area contributed by atoms with Crippen molar-refractivity contribution in [1.82, 2.24) is 14.5 Å². The molecule has 1 saturated carbocycles. The van der Waals surface area contributed by atoms with Crippen molar-refractivity contribution in [3.63, 3.8) is 0 Å². The number of aliphatic hydroxyl groups excluding tert-OH is 1. The molecule has 1 aromatic carbocycles. The zero-order chi connectivity index (χ0) is 17.0. The zero-order valence-corrected chi connectivity index (χ0v) is 14.4. The Hall–Kier alpha value is -1.70. The van der Waals surface area contributed by atoms with Crippen LogP contribution >= 0.6 is 0 Å². The monoisotopic (exact) mass is 349 g/mol. The minimum absolute atomic E-state index is 0.0462. The van der Waals surface area contributed by atoms with Crippen LogP contribution in [0.25, 0.3) is 11.3 Å². The van der Waals surface area contributed by atoms with Crippen molar-refractivity contribution in [3.8, 4) is 11.3 Å². The SMILES string of the molecule is O=S(=O)(NCCCO)c1cn(C2CCCC2)nc1-c1ccccc1. The third-order valence-corrected chi connectivity index (χ3v) is 5.82. The summed E-state index contributed by atoms with van der Waals surface area (Å²) in [5.74, 6) is 0. The predicted octanol–water partition coefficient (Wildman–Crippen LogP) is 2.33. The topological polar surface area (TPSA) is 84.2 Å². The minimum Gasteiger partial charge on any atom is -0.396 e. The molecule has 2 aromatic rings. The van der Waals surface area contributed by atoms with Gasteiger partial charge in [0.15, 0.2) is 0 Å². The standard InChI is InChI=1S/C17H23N3O3S/c21-12-6-11-18-24(22,23)16-13-20(15-9-4-5-10-15)19-17(16)14-7-2-1-3-8-14/h1-3,7-8,13,15,18,21H,4-6,9-12H2. The van der Waals surface area contributed by atoms with Crippen molar-refractivity contribution < 1.29 is 13.5 Å². The van der Waals surface area contributed by atoms with Gasteiger partial charge in [-0.2, -0.15) is 5.10 Å². The van der Waals surface area contributed by atoms with Crippen LogP contribution in [-0.4, -0.2) is 36.5 Å². The van der Waals surface area contributed by atoms with Gasteiger partial charge in [-0.15, -0.1) is 0 Å². The van der Waals surface area contributed by atoms with Gasteiger partial charge < -0.3 is 5.11 Å². The van der Waals surface area contributed by atoms with E-state index >= 15 is 0 Å². The molecule has 0 aliphatic heterocycles. The van der Waals surface area contributed by atoms with E-state index in [1.807, 2.05) is 35.0 Å². The normalized spacial score (nSPS) is 15.9. The summed E-state index contributed by atoms with van der Waals surface area (Å²) in [4.78, 5) is 0.207. The summed E-state index contributed by atoms with van der Waals surface area (Å²) in [5, 5.41) is 13.5. The maximum absolute atomic E-state index is 12.7. The molecule has 0 bridgehead atoms. The maximum atomic E-state index is 12.7. The Kier molecular flexibility index (Phi) is 5.33. The van der Waals surface area contributed by atoms with E-state index in [9.17, 15) is 8.42 Å². The smallest absolute Gasteiger partial charge is 0.244 e. The summed E-state index contributed by atoms with van der Waals surface area (Å²) in [6.45, 7) is 0.164. The minimum atomic E-state index is -3.66. The summed E-state index contributed by atoms with van der Waals surface area (Å²) < 4.78 is 29.7. The van der Waals surface area contributed by atoms with Crippen LogP contribution < -0.4 is 4.72 Å². The van der Waals surface area contributed by atoms with Crippen molar-refractivity contribution in [2.24, 2.45) is 0 Å². The highest BCUT2D eigenvalue weighted by Gasteiger charge is 2.26. The molecule has 1 aliphatic carbocycles. The summed E-state index contributed by atoms with van der Waals surface area (Å²) in [5.41, 5.74) is 1.27. The number of nitrogens with zero attached hydrogens (tertiary/aromatic N) is 2. The van der Waals surface area contributed by atoms with E-state index in [1.165, 1.54) is 0 Å². The van der Waals surface area contributed by atoms with Crippen molar-refractivity contribution in [3.05, 3.63) is 36.5 Å². The lowest BCUT2D eigenvalue weighted by Gasteiger charge is -2.08. The fourth-order valence-electron chi connectivity index (χ4n) is 3.09. The van der Waals surface area contributed by atoms with Gasteiger partial charge in [-0.05, 0) is 19.3 Å². The van der Waals surface area contributed by atoms with Gasteiger partial charge in [0.25, 0.3) is 0 Å². The summed E-state index contributed by atoms with van der Waals surface area (Å²) in [7, 11) is -3.66. The first-order valence-electron chi connectivity index (χ1n) is 8.37. The second-order valence-corrected chi connectivity index (χ2v) is 7.84. The van der Waals surface area contributed by atoms with Gasteiger partial charge in [-0.3, -0.25) is 4.68 Å². The number of sulfonamides is 1. The van der Waals surface area contributed by atoms with Crippen molar-refractivity contribution >= 4 is 10.0 Å². The molecule has 1 aromatic heterocycles. The molecular weight excluding hydrogens is 326 g/mol. The van der Waals surface area contributed by atoms with Gasteiger partial charge in [0.2, 0.25) is 10.0 Å². The van der Waals surface area contributed by atoms with Gasteiger partial charge in [0.05, 0.1) is 6.04 Å². The van der Waals surface area contributed by atoms with Gasteiger partial charge in [-0.25, -0.2) is 13.1 Å². The van der Waals surface area contributed by atoms with Crippen LogP contribution in [-0.2, 0) is 10.0 Å². The molecule has 0 unspecified atom stereocenters. The van der Waals surface area contributed by atoms with E-state index in [0.29, 0.717) is 12.1 Å². The second kappa shape index (κ2) is 7.46. The molecule has 1 aliphatic rings. The highest BCUT2D eigenvalue weighted by Crippen LogP contribution is 2.33. The van der Waals surface area contributed by atoms with Gasteiger partial charge in [0.1, 0.15) is 10.6 Å². The average Bonchev–Trinajstić information content (AvgIpc) is 3.25. The molecular formula is C17H23N3O3S. The van der Waals surface area contributed by atoms with Crippen LogP contribution in [0.1, 0.15) is 38.1 Å². The molecule has 24 heavy (non-hydrogen) atoms. The lowest BCUT2D eigenvalue weighted by atomic mass is 10.2. The van der Waals surface area contributed by atoms with Crippen LogP contribution in [0.2, 0.25) is 0 Å². The van der Waals surface area contributed by atoms with E-state index in [2.05, 4.69) is 9.82 Å². The number of aromatic nitrogens is 2. The van der Waals surface area contributed by atoms with E-state index in [4.69, 9.17) is 5.11 Å². The van der Waals surface area contributed by atoms with Crippen LogP contribution in [0.15, 0.2) is 41.4 Å². The van der Waals surface area contributed by atoms with Gasteiger partial charge >= 0.3 is 0 Å². The summed E-state index contributed by atoms with van der Waals surface area (Å²) >= 11 is 0. The van der Waals surface area contributed by atoms with E-state index < -0.39 is 10.0 Å². The van der Waals surface area contributed by atoms with Crippen molar-refractivity contribution in [1.29, 1.82) is 0 Å². The number of rotatable bonds is 7. The quantitative estimate of drug-likeness (QED) is 0.752. The molecule has 0 amide bonds. The predicted molar refractivity (Wildman–Crippen MR) is 92.1 cm³/mol. The number of hydrogen-bond donors (Lipinski definition) is 2. The zero-order valence-electron chi connectivity index (χ0n) is 13.6. The molecule has 130 valence electrons. The first-order valence-corrected chi connectivity index (χ1v) is 9.85. The molecule has 0 atom stereocenters. The Morgan fingerprint density at radius 1 is 1.21 bits per heavy atom. The Bertz CT molecular complexity index is 766. The van der Waals surface area contributed by atoms with E-state index in [1.54, 1.807) is 6.20 Å². The number of nitrogens with one attached hydrogen (secondary N) is 1. The lowest BCUT2D eigenvalue weighted by molar-refractivity contribution is 0.289. The molecule has 7 heteroatoms. The molecule has 0 spiro atoms. The molecule has 0 radical (unpaired) electrons. The summed E-state index contributed by atoms with van der Waals surface area (Å²) in [6.07, 6.45) is 6.42. The second-order valence-electron chi connectivity index (χ2n) is 6.10. The van der Waals surface area contributed by atoms with E-state index in [0.717, 1.165) is 31.2 Å². The maximum Gasteiger partial charge on any atom is 0.244 e. The van der Waals surface area contributed by atoms with Crippen LogP contribution in [0, 0.1) is 0 Å². The van der Waals surface area contributed by atoms with Crippen molar-refractivity contribution in [2.45, 2.75) is 43.0 Å². The largest absolute Gasteiger partial charge is 0.396 e. The van der Waals surface area contributed by atoms with Crippen LogP contribution in [0.5, 0.6) is 0 Å². The first-order chi connectivity index (χ1) is 11.6. The molecule has 2 N–H and O–H groups in total. The highest BCUT2D eigenvalue weighted by atomic mass is 32.2. The fraction of sp³-hybridized carbons (Fsp3) is 0.471. The van der Waals surface area contributed by atoms with Crippen LogP contribution in [0.4, 0.5) is 0 Å². The number of benzene rings is 1. The number of aliphatic hydroxyl groups is 1. The molecule has 3 rings (SSSR count). The van der Waals surface area contributed by atoms with Crippen LogP contribution in [0.3, 0.4) is 0 Å². The third kappa shape index (κ3) is 3.68. The Morgan fingerprint density at radius 2 is 1.92 bits per heavy atom. The van der Waals surface area contributed by atoms with E-state index in [-0.39, 0.29) is 24.1 Å². The average molecular weight is 349 g/mol. The highest BCUT2D eigenvalue weighted by molar-refractivity contribution is 7.89. The van der Waals surface area contributed by atoms with Gasteiger partial charge in [-0.1, -0.05) is 43.2 Å². The Labute approximate surface area is 142 Å². The Balaban J connectivity index is 1.99. The molecule has 1 fully saturated rings. The first kappa shape index (κ1) is 17.1. The van der Waals surface area contributed by atoms with Gasteiger partial charge in [0, 0.05) is 24.9 Å². The van der Waals surface area contributed by atoms with Crippen molar-refractivity contribution in [2.75, 3.05) is 13.2 Å².